The molecular formula is C21H19N3O2. The fourth-order valence-corrected chi connectivity index (χ4v) is 2.28. The zero-order valence-corrected chi connectivity index (χ0v) is 14.2. The van der Waals surface area contributed by atoms with Gasteiger partial charge in [-0.25, -0.2) is 4.98 Å². The first-order valence-electron chi connectivity index (χ1n) is 8.20. The summed E-state index contributed by atoms with van der Waals surface area (Å²) >= 11 is 0. The van der Waals surface area contributed by atoms with Crippen molar-refractivity contribution < 1.29 is 9.53 Å². The van der Waals surface area contributed by atoms with Gasteiger partial charge in [-0.3, -0.25) is 4.79 Å². The maximum atomic E-state index is 12.5. The van der Waals surface area contributed by atoms with E-state index in [1.807, 2.05) is 42.5 Å². The van der Waals surface area contributed by atoms with Gasteiger partial charge in [0, 0.05) is 6.54 Å². The minimum absolute atomic E-state index is 0.301. The Balaban J connectivity index is 1.72. The molecule has 0 saturated heterocycles. The van der Waals surface area contributed by atoms with E-state index in [4.69, 9.17) is 4.74 Å². The highest BCUT2D eigenvalue weighted by atomic mass is 16.5. The zero-order chi connectivity index (χ0) is 18.2. The topological polar surface area (TPSA) is 63.2 Å². The Hall–Kier alpha value is -3.60. The van der Waals surface area contributed by atoms with Crippen LogP contribution in [0.2, 0.25) is 0 Å². The molecule has 0 aliphatic heterocycles. The summed E-state index contributed by atoms with van der Waals surface area (Å²) in [5.41, 5.74) is 1.73. The van der Waals surface area contributed by atoms with E-state index >= 15 is 0 Å². The minimum Gasteiger partial charge on any atom is -0.455 e. The van der Waals surface area contributed by atoms with Crippen LogP contribution in [0.3, 0.4) is 0 Å². The van der Waals surface area contributed by atoms with Crippen LogP contribution in [0, 0.1) is 0 Å². The highest BCUT2D eigenvalue weighted by molar-refractivity contribution is 6.03. The van der Waals surface area contributed by atoms with Crippen molar-refractivity contribution in [3.8, 4) is 11.5 Å². The number of nitrogens with zero attached hydrogens (tertiary/aromatic N) is 1. The summed E-state index contributed by atoms with van der Waals surface area (Å²) in [6, 6.07) is 20.2. The average molecular weight is 345 g/mol. The number of carbonyl (C=O) groups excluding carboxylic acids is 1. The Bertz CT molecular complexity index is 877. The first-order chi connectivity index (χ1) is 12.8. The van der Waals surface area contributed by atoms with E-state index in [1.54, 1.807) is 36.5 Å². The summed E-state index contributed by atoms with van der Waals surface area (Å²) in [4.78, 5) is 16.7. The maximum Gasteiger partial charge on any atom is 0.274 e. The van der Waals surface area contributed by atoms with E-state index in [0.29, 0.717) is 29.4 Å². The summed E-state index contributed by atoms with van der Waals surface area (Å²) in [7, 11) is 0. The molecule has 0 spiro atoms. The second-order valence-electron chi connectivity index (χ2n) is 5.47. The van der Waals surface area contributed by atoms with Crippen molar-refractivity contribution >= 4 is 17.3 Å². The highest BCUT2D eigenvalue weighted by Crippen LogP contribution is 2.29. The van der Waals surface area contributed by atoms with Gasteiger partial charge in [0.1, 0.15) is 11.4 Å². The molecule has 1 amide bonds. The SMILES string of the molecule is C=CCNc1ccc(C(=O)Nc2ccccc2Oc2ccccc2)nc1. The van der Waals surface area contributed by atoms with Crippen LogP contribution in [0.15, 0.2) is 85.6 Å². The van der Waals surface area contributed by atoms with Crippen molar-refractivity contribution in [3.05, 3.63) is 91.3 Å². The van der Waals surface area contributed by atoms with Crippen LogP contribution in [0.1, 0.15) is 10.5 Å². The van der Waals surface area contributed by atoms with Crippen molar-refractivity contribution in [1.82, 2.24) is 4.98 Å². The minimum atomic E-state index is -0.301. The predicted octanol–water partition coefficient (Wildman–Crippen LogP) is 4.72. The molecule has 130 valence electrons. The number of nitrogens with one attached hydrogen (secondary N) is 2. The van der Waals surface area contributed by atoms with E-state index in [2.05, 4.69) is 22.2 Å². The molecule has 5 heteroatoms. The number of aromatic nitrogens is 1. The molecule has 0 bridgehead atoms. The van der Waals surface area contributed by atoms with Gasteiger partial charge in [0.25, 0.3) is 5.91 Å². The molecule has 0 unspecified atom stereocenters. The summed E-state index contributed by atoms with van der Waals surface area (Å²) < 4.78 is 5.86. The standard InChI is InChI=1S/C21H19N3O2/c1-2-14-22-16-12-13-19(23-15-16)21(25)24-18-10-6-7-11-20(18)26-17-8-4-3-5-9-17/h2-13,15,22H,1,14H2,(H,24,25). The van der Waals surface area contributed by atoms with Gasteiger partial charge in [0.05, 0.1) is 17.6 Å². The molecule has 2 N–H and O–H groups in total. The van der Waals surface area contributed by atoms with Gasteiger partial charge in [0.2, 0.25) is 0 Å². The van der Waals surface area contributed by atoms with Gasteiger partial charge in [-0.15, -0.1) is 6.58 Å². The number of hydrogen-bond acceptors (Lipinski definition) is 4. The number of amides is 1. The van der Waals surface area contributed by atoms with Crippen molar-refractivity contribution in [3.63, 3.8) is 0 Å². The molecular weight excluding hydrogens is 326 g/mol. The Kier molecular flexibility index (Phi) is 5.62. The number of anilines is 2. The number of hydrogen-bond donors (Lipinski definition) is 2. The molecule has 0 saturated carbocycles. The Morgan fingerprint density at radius 3 is 2.54 bits per heavy atom. The molecule has 5 nitrogen and oxygen atoms in total. The third kappa shape index (κ3) is 4.48. The van der Waals surface area contributed by atoms with Gasteiger partial charge in [-0.2, -0.15) is 0 Å². The van der Waals surface area contributed by atoms with Gasteiger partial charge in [0.15, 0.2) is 5.75 Å². The fourth-order valence-electron chi connectivity index (χ4n) is 2.28. The third-order valence-electron chi connectivity index (χ3n) is 3.55. The molecule has 26 heavy (non-hydrogen) atoms. The van der Waals surface area contributed by atoms with Gasteiger partial charge in [-0.1, -0.05) is 36.4 Å². The first-order valence-corrected chi connectivity index (χ1v) is 8.20. The molecule has 0 radical (unpaired) electrons. The zero-order valence-electron chi connectivity index (χ0n) is 14.2. The summed E-state index contributed by atoms with van der Waals surface area (Å²) in [5.74, 6) is 0.964. The normalized spacial score (nSPS) is 10.0. The second-order valence-corrected chi connectivity index (χ2v) is 5.47. The number of carbonyl (C=O) groups is 1. The number of benzene rings is 2. The predicted molar refractivity (Wildman–Crippen MR) is 104 cm³/mol. The van der Waals surface area contributed by atoms with Crippen LogP contribution in [0.25, 0.3) is 0 Å². The van der Waals surface area contributed by atoms with Crippen LogP contribution in [-0.2, 0) is 0 Å². The monoisotopic (exact) mass is 345 g/mol. The first kappa shape index (κ1) is 17.2. The lowest BCUT2D eigenvalue weighted by Crippen LogP contribution is -2.14. The van der Waals surface area contributed by atoms with Crippen LogP contribution in [0.5, 0.6) is 11.5 Å². The summed E-state index contributed by atoms with van der Waals surface area (Å²) in [6.45, 7) is 4.28. The van der Waals surface area contributed by atoms with Gasteiger partial charge in [-0.05, 0) is 36.4 Å². The molecule has 1 aromatic heterocycles. The average Bonchev–Trinajstić information content (AvgIpc) is 2.69. The number of pyridine rings is 1. The van der Waals surface area contributed by atoms with Crippen molar-refractivity contribution in [2.45, 2.75) is 0 Å². The van der Waals surface area contributed by atoms with E-state index < -0.39 is 0 Å². The van der Waals surface area contributed by atoms with E-state index in [9.17, 15) is 4.79 Å². The molecule has 3 aromatic rings. The van der Waals surface area contributed by atoms with Crippen LogP contribution >= 0.6 is 0 Å². The van der Waals surface area contributed by atoms with Crippen LogP contribution in [0.4, 0.5) is 11.4 Å². The molecule has 0 fully saturated rings. The quantitative estimate of drug-likeness (QED) is 0.608. The van der Waals surface area contributed by atoms with Crippen molar-refractivity contribution in [2.24, 2.45) is 0 Å². The van der Waals surface area contributed by atoms with E-state index in [0.717, 1.165) is 5.69 Å². The molecule has 0 aliphatic carbocycles. The van der Waals surface area contributed by atoms with E-state index in [1.165, 1.54) is 0 Å². The van der Waals surface area contributed by atoms with Gasteiger partial charge >= 0.3 is 0 Å². The lowest BCUT2D eigenvalue weighted by Gasteiger charge is -2.12. The molecule has 1 heterocycles. The lowest BCUT2D eigenvalue weighted by molar-refractivity contribution is 0.102. The number of rotatable bonds is 7. The second kappa shape index (κ2) is 8.48. The van der Waals surface area contributed by atoms with E-state index in [-0.39, 0.29) is 5.91 Å². The molecule has 2 aromatic carbocycles. The molecule has 3 rings (SSSR count). The fraction of sp³-hybridized carbons (Fsp3) is 0.0476. The van der Waals surface area contributed by atoms with Crippen molar-refractivity contribution in [1.29, 1.82) is 0 Å². The largest absolute Gasteiger partial charge is 0.455 e. The van der Waals surface area contributed by atoms with Crippen LogP contribution < -0.4 is 15.4 Å². The molecule has 0 atom stereocenters. The Morgan fingerprint density at radius 2 is 1.81 bits per heavy atom. The van der Waals surface area contributed by atoms with Gasteiger partial charge < -0.3 is 15.4 Å². The summed E-state index contributed by atoms with van der Waals surface area (Å²) in [5, 5.41) is 5.96. The van der Waals surface area contributed by atoms with Crippen LogP contribution in [-0.4, -0.2) is 17.4 Å². The summed E-state index contributed by atoms with van der Waals surface area (Å²) in [6.07, 6.45) is 3.37. The highest BCUT2D eigenvalue weighted by Gasteiger charge is 2.11. The maximum absolute atomic E-state index is 12.5. The number of ether oxygens (including phenoxy) is 1. The lowest BCUT2D eigenvalue weighted by atomic mass is 10.2. The molecule has 0 aliphatic rings. The third-order valence-corrected chi connectivity index (χ3v) is 3.55. The smallest absolute Gasteiger partial charge is 0.274 e. The number of para-hydroxylation sites is 3. The van der Waals surface area contributed by atoms with Crippen molar-refractivity contribution in [2.75, 3.05) is 17.2 Å². The Morgan fingerprint density at radius 1 is 1.04 bits per heavy atom. The Labute approximate surface area is 152 Å².